The molecule has 4 rings (SSSR count). The summed E-state index contributed by atoms with van der Waals surface area (Å²) >= 11 is 0. The van der Waals surface area contributed by atoms with Crippen molar-refractivity contribution >= 4 is 11.4 Å². The Morgan fingerprint density at radius 3 is 1.84 bits per heavy atom. The van der Waals surface area contributed by atoms with Crippen molar-refractivity contribution < 1.29 is 9.68 Å². The highest BCUT2D eigenvalue weighted by Crippen LogP contribution is 2.04. The first kappa shape index (κ1) is 32.6. The maximum atomic E-state index is 8.80. The summed E-state index contributed by atoms with van der Waals surface area (Å²) in [5, 5.41) is 25.6. The molecule has 0 bridgehead atoms. The normalized spacial score (nSPS) is 10.7. The third-order valence-corrected chi connectivity index (χ3v) is 5.73. The average Bonchev–Trinajstić information content (AvgIpc) is 3.04. The van der Waals surface area contributed by atoms with Gasteiger partial charge in [0.1, 0.15) is 47.3 Å². The van der Waals surface area contributed by atoms with Crippen molar-refractivity contribution in [3.05, 3.63) is 118 Å². The smallest absolute Gasteiger partial charge is 0.177 e. The van der Waals surface area contributed by atoms with Gasteiger partial charge in [0, 0.05) is 17.1 Å². The van der Waals surface area contributed by atoms with E-state index >= 15 is 0 Å². The SMILES string of the molecule is C/C(=N\OCC#Cc1cccc(C#N)n1)c1cccc(C)n1.C/C(=N\OCCCc1cccc(C#N)n1)c1cccc(C)n1. The Hall–Kier alpha value is -5.92. The third kappa shape index (κ3) is 11.5. The van der Waals surface area contributed by atoms with Gasteiger partial charge in [-0.3, -0.25) is 9.97 Å². The summed E-state index contributed by atoms with van der Waals surface area (Å²) in [5.41, 5.74) is 7.13. The molecule has 0 aliphatic heterocycles. The van der Waals surface area contributed by atoms with Gasteiger partial charge in [-0.2, -0.15) is 10.5 Å². The predicted octanol–water partition coefficient (Wildman–Crippen LogP) is 5.48. The zero-order valence-corrected chi connectivity index (χ0v) is 25.2. The van der Waals surface area contributed by atoms with Gasteiger partial charge in [0.05, 0.1) is 11.4 Å². The summed E-state index contributed by atoms with van der Waals surface area (Å²) in [6.45, 7) is 8.21. The van der Waals surface area contributed by atoms with E-state index in [-0.39, 0.29) is 6.61 Å². The molecule has 0 radical (unpaired) electrons. The number of aromatic nitrogens is 4. The predicted molar refractivity (Wildman–Crippen MR) is 167 cm³/mol. The first-order chi connectivity index (χ1) is 21.4. The molecular formula is C34H32N8O2. The number of nitriles is 2. The Bertz CT molecular complexity index is 1760. The maximum Gasteiger partial charge on any atom is 0.177 e. The Balaban J connectivity index is 0.000000240. The molecule has 0 N–H and O–H groups in total. The number of pyridine rings is 4. The molecule has 10 heteroatoms. The summed E-state index contributed by atoms with van der Waals surface area (Å²) in [5.74, 6) is 5.62. The van der Waals surface area contributed by atoms with Gasteiger partial charge in [-0.05, 0) is 95.0 Å². The van der Waals surface area contributed by atoms with Crippen LogP contribution in [0.4, 0.5) is 0 Å². The molecule has 0 amide bonds. The molecule has 0 unspecified atom stereocenters. The van der Waals surface area contributed by atoms with Crippen molar-refractivity contribution in [1.82, 2.24) is 19.9 Å². The molecule has 220 valence electrons. The molecule has 0 fully saturated rings. The lowest BCUT2D eigenvalue weighted by Crippen LogP contribution is -2.02. The van der Waals surface area contributed by atoms with E-state index in [0.29, 0.717) is 29.4 Å². The Morgan fingerprint density at radius 1 is 0.682 bits per heavy atom. The van der Waals surface area contributed by atoms with Gasteiger partial charge < -0.3 is 9.68 Å². The summed E-state index contributed by atoms with van der Waals surface area (Å²) in [4.78, 5) is 27.5. The number of aryl methyl sites for hydroxylation is 3. The highest BCUT2D eigenvalue weighted by atomic mass is 16.6. The van der Waals surface area contributed by atoms with Crippen LogP contribution < -0.4 is 0 Å². The second-order valence-electron chi connectivity index (χ2n) is 9.34. The number of hydrogen-bond donors (Lipinski definition) is 0. The van der Waals surface area contributed by atoms with Crippen molar-refractivity contribution in [2.75, 3.05) is 13.2 Å². The number of hydrogen-bond acceptors (Lipinski definition) is 10. The molecule has 0 saturated heterocycles. The van der Waals surface area contributed by atoms with Gasteiger partial charge in [-0.25, -0.2) is 9.97 Å². The minimum absolute atomic E-state index is 0.140. The van der Waals surface area contributed by atoms with Crippen LogP contribution in [0.1, 0.15) is 65.8 Å². The van der Waals surface area contributed by atoms with E-state index in [4.69, 9.17) is 20.2 Å². The number of nitrogens with zero attached hydrogens (tertiary/aromatic N) is 8. The topological polar surface area (TPSA) is 142 Å². The van der Waals surface area contributed by atoms with Gasteiger partial charge in [-0.1, -0.05) is 40.5 Å². The summed E-state index contributed by atoms with van der Waals surface area (Å²) < 4.78 is 0. The van der Waals surface area contributed by atoms with Gasteiger partial charge in [0.25, 0.3) is 0 Å². The van der Waals surface area contributed by atoms with Crippen molar-refractivity contribution in [1.29, 1.82) is 10.5 Å². The average molecular weight is 585 g/mol. The lowest BCUT2D eigenvalue weighted by molar-refractivity contribution is 0.141. The van der Waals surface area contributed by atoms with Crippen molar-refractivity contribution in [2.24, 2.45) is 10.3 Å². The minimum Gasteiger partial charge on any atom is -0.396 e. The van der Waals surface area contributed by atoms with E-state index in [0.717, 1.165) is 47.0 Å². The lowest BCUT2D eigenvalue weighted by atomic mass is 10.2. The molecule has 0 saturated carbocycles. The van der Waals surface area contributed by atoms with Crippen LogP contribution in [0.25, 0.3) is 0 Å². The van der Waals surface area contributed by atoms with Crippen LogP contribution in [0.5, 0.6) is 0 Å². The zero-order chi connectivity index (χ0) is 31.6. The zero-order valence-electron chi connectivity index (χ0n) is 25.2. The van der Waals surface area contributed by atoms with E-state index in [1.54, 1.807) is 24.3 Å². The molecule has 0 atom stereocenters. The molecule has 4 aromatic rings. The fourth-order valence-corrected chi connectivity index (χ4v) is 3.58. The van der Waals surface area contributed by atoms with Gasteiger partial charge in [-0.15, -0.1) is 0 Å². The highest BCUT2D eigenvalue weighted by molar-refractivity contribution is 5.96. The second-order valence-corrected chi connectivity index (χ2v) is 9.34. The van der Waals surface area contributed by atoms with Crippen LogP contribution in [0.3, 0.4) is 0 Å². The molecular weight excluding hydrogens is 552 g/mol. The van der Waals surface area contributed by atoms with Crippen LogP contribution in [0, 0.1) is 48.4 Å². The van der Waals surface area contributed by atoms with Gasteiger partial charge in [0.2, 0.25) is 0 Å². The first-order valence-electron chi connectivity index (χ1n) is 13.8. The Morgan fingerprint density at radius 2 is 1.23 bits per heavy atom. The standard InChI is InChI=1S/C17H18N4O.C17H14N4O/c2*1-13-6-3-10-17(19-13)14(2)21-22-11-5-9-15-7-4-8-16(12-18)20-15/h3-4,6-8,10H,5,9,11H2,1-2H3;3-4,6-8,10H,11H2,1-2H3/b2*21-14+. The molecule has 0 aliphatic rings. The van der Waals surface area contributed by atoms with Crippen LogP contribution in [0.15, 0.2) is 83.1 Å². The second kappa shape index (κ2) is 17.8. The first-order valence-corrected chi connectivity index (χ1v) is 13.8. The quantitative estimate of drug-likeness (QED) is 0.109. The molecule has 0 aliphatic carbocycles. The fourth-order valence-electron chi connectivity index (χ4n) is 3.58. The van der Waals surface area contributed by atoms with Crippen LogP contribution in [-0.4, -0.2) is 44.6 Å². The number of rotatable bonds is 9. The monoisotopic (exact) mass is 584 g/mol. The largest absolute Gasteiger partial charge is 0.396 e. The van der Waals surface area contributed by atoms with E-state index in [9.17, 15) is 0 Å². The van der Waals surface area contributed by atoms with Crippen molar-refractivity contribution in [2.45, 2.75) is 40.5 Å². The van der Waals surface area contributed by atoms with Gasteiger partial charge in [0.15, 0.2) is 6.61 Å². The molecule has 0 spiro atoms. The lowest BCUT2D eigenvalue weighted by Gasteiger charge is -2.03. The fraction of sp³-hybridized carbons (Fsp3) is 0.235. The number of oxime groups is 2. The molecule has 4 aromatic heterocycles. The van der Waals surface area contributed by atoms with Crippen molar-refractivity contribution in [3.63, 3.8) is 0 Å². The Kier molecular flexibility index (Phi) is 13.2. The summed E-state index contributed by atoms with van der Waals surface area (Å²) in [7, 11) is 0. The van der Waals surface area contributed by atoms with E-state index in [2.05, 4.69) is 42.1 Å². The molecule has 44 heavy (non-hydrogen) atoms. The van der Waals surface area contributed by atoms with Crippen LogP contribution >= 0.6 is 0 Å². The van der Waals surface area contributed by atoms with E-state index < -0.39 is 0 Å². The molecule has 0 aromatic carbocycles. The van der Waals surface area contributed by atoms with Gasteiger partial charge >= 0.3 is 0 Å². The Labute approximate surface area is 257 Å². The molecule has 10 nitrogen and oxygen atoms in total. The highest BCUT2D eigenvalue weighted by Gasteiger charge is 2.01. The van der Waals surface area contributed by atoms with Crippen LogP contribution in [0.2, 0.25) is 0 Å². The maximum absolute atomic E-state index is 8.80. The molecule has 4 heterocycles. The minimum atomic E-state index is 0.140. The van der Waals surface area contributed by atoms with Crippen molar-refractivity contribution in [3.8, 4) is 24.0 Å². The van der Waals surface area contributed by atoms with E-state index in [1.165, 1.54) is 0 Å². The summed E-state index contributed by atoms with van der Waals surface area (Å²) in [6.07, 6.45) is 1.55. The van der Waals surface area contributed by atoms with Crippen LogP contribution in [-0.2, 0) is 16.1 Å². The summed E-state index contributed by atoms with van der Waals surface area (Å²) in [6, 6.07) is 26.1. The van der Waals surface area contributed by atoms with E-state index in [1.807, 2.05) is 88.4 Å². The third-order valence-electron chi connectivity index (χ3n) is 5.73.